The summed E-state index contributed by atoms with van der Waals surface area (Å²) in [6.07, 6.45) is 14.0. The molecule has 0 saturated heterocycles. The summed E-state index contributed by atoms with van der Waals surface area (Å²) in [4.78, 5) is 0. The second kappa shape index (κ2) is 8.47. The van der Waals surface area contributed by atoms with Gasteiger partial charge in [0.2, 0.25) is 0 Å². The highest BCUT2D eigenvalue weighted by molar-refractivity contribution is 5.67. The van der Waals surface area contributed by atoms with Gasteiger partial charge >= 0.3 is 0 Å². The molecule has 0 N–H and O–H groups in total. The van der Waals surface area contributed by atoms with E-state index in [1.165, 1.54) is 38.5 Å². The Hall–Kier alpha value is -1.18. The van der Waals surface area contributed by atoms with Gasteiger partial charge in [-0.05, 0) is 67.4 Å². The van der Waals surface area contributed by atoms with Crippen LogP contribution in [0.1, 0.15) is 82.8 Å². The molecule has 2 aliphatic carbocycles. The van der Waals surface area contributed by atoms with Crippen LogP contribution in [-0.4, -0.2) is 0 Å². The minimum atomic E-state index is -0.655. The number of allylic oxidation sites excluding steroid dienone is 2. The van der Waals surface area contributed by atoms with Gasteiger partial charge in [0.1, 0.15) is 0 Å². The third-order valence-corrected chi connectivity index (χ3v) is 6.60. The molecule has 1 unspecified atom stereocenters. The van der Waals surface area contributed by atoms with E-state index in [1.807, 2.05) is 6.92 Å². The molecule has 2 aliphatic rings. The highest BCUT2D eigenvalue weighted by Crippen LogP contribution is 2.42. The molecule has 1 atom stereocenters. The molecule has 0 spiro atoms. The number of hydrogen-bond acceptors (Lipinski definition) is 0. The van der Waals surface area contributed by atoms with E-state index in [4.69, 9.17) is 0 Å². The molecule has 1 aromatic rings. The zero-order valence-electron chi connectivity index (χ0n) is 15.8. The summed E-state index contributed by atoms with van der Waals surface area (Å²) in [5, 5.41) is 0. The van der Waals surface area contributed by atoms with Crippen molar-refractivity contribution < 1.29 is 8.78 Å². The van der Waals surface area contributed by atoms with E-state index >= 15 is 0 Å². The second-order valence-corrected chi connectivity index (χ2v) is 8.09. The summed E-state index contributed by atoms with van der Waals surface area (Å²) in [6, 6.07) is 3.52. The van der Waals surface area contributed by atoms with Gasteiger partial charge in [0.15, 0.2) is 11.6 Å². The molecule has 25 heavy (non-hydrogen) atoms. The first-order valence-electron chi connectivity index (χ1n) is 10.3. The van der Waals surface area contributed by atoms with Crippen LogP contribution in [0.3, 0.4) is 0 Å². The van der Waals surface area contributed by atoms with Gasteiger partial charge in [0.05, 0.1) is 0 Å². The molecular weight excluding hydrogens is 314 g/mol. The minimum Gasteiger partial charge on any atom is -0.203 e. The average molecular weight is 347 g/mol. The molecule has 0 aromatic heterocycles. The largest absolute Gasteiger partial charge is 0.203 e. The van der Waals surface area contributed by atoms with E-state index in [0.717, 1.165) is 42.6 Å². The zero-order chi connectivity index (χ0) is 17.8. The summed E-state index contributed by atoms with van der Waals surface area (Å²) in [5.41, 5.74) is 1.97. The van der Waals surface area contributed by atoms with E-state index < -0.39 is 11.6 Å². The Morgan fingerprint density at radius 2 is 1.68 bits per heavy atom. The second-order valence-electron chi connectivity index (χ2n) is 8.09. The predicted molar refractivity (Wildman–Crippen MR) is 101 cm³/mol. The Labute approximate surface area is 151 Å². The molecule has 2 heteroatoms. The minimum absolute atomic E-state index is 0.472. The van der Waals surface area contributed by atoms with Gasteiger partial charge in [-0.1, -0.05) is 57.7 Å². The monoisotopic (exact) mass is 346 g/mol. The van der Waals surface area contributed by atoms with Crippen LogP contribution in [0, 0.1) is 29.4 Å². The summed E-state index contributed by atoms with van der Waals surface area (Å²) in [5.74, 6) is 1.23. The van der Waals surface area contributed by atoms with Gasteiger partial charge in [-0.2, -0.15) is 0 Å². The Morgan fingerprint density at radius 3 is 2.28 bits per heavy atom. The standard InChI is InChI=1S/C23H32F2/c1-3-5-16-6-8-18(9-7-16)19-10-12-20(13-11-19)21-15-14-17(4-2)22(24)23(21)25/h12,14-16,18-19H,3-11,13H2,1-2H3. The highest BCUT2D eigenvalue weighted by atomic mass is 19.2. The number of benzene rings is 1. The van der Waals surface area contributed by atoms with Crippen LogP contribution in [0.4, 0.5) is 8.78 Å². The van der Waals surface area contributed by atoms with E-state index in [1.54, 1.807) is 12.1 Å². The van der Waals surface area contributed by atoms with Crippen molar-refractivity contribution in [2.75, 3.05) is 0 Å². The predicted octanol–water partition coefficient (Wildman–Crippen LogP) is 7.32. The van der Waals surface area contributed by atoms with Crippen LogP contribution in [0.5, 0.6) is 0 Å². The summed E-state index contributed by atoms with van der Waals surface area (Å²) in [6.45, 7) is 4.14. The van der Waals surface area contributed by atoms with Crippen molar-refractivity contribution in [1.29, 1.82) is 0 Å². The molecule has 0 amide bonds. The lowest BCUT2D eigenvalue weighted by Crippen LogP contribution is -2.23. The van der Waals surface area contributed by atoms with Crippen LogP contribution in [0.2, 0.25) is 0 Å². The maximum Gasteiger partial charge on any atom is 0.166 e. The molecule has 3 rings (SSSR count). The summed E-state index contributed by atoms with van der Waals surface area (Å²) in [7, 11) is 0. The number of halogens is 2. The van der Waals surface area contributed by atoms with Gasteiger partial charge in [0, 0.05) is 5.56 Å². The van der Waals surface area contributed by atoms with E-state index in [2.05, 4.69) is 13.0 Å². The first-order chi connectivity index (χ1) is 12.1. The third kappa shape index (κ3) is 4.15. The topological polar surface area (TPSA) is 0 Å². The van der Waals surface area contributed by atoms with Gasteiger partial charge in [0.25, 0.3) is 0 Å². The quantitative estimate of drug-likeness (QED) is 0.524. The lowest BCUT2D eigenvalue weighted by molar-refractivity contribution is 0.189. The van der Waals surface area contributed by atoms with Crippen molar-refractivity contribution in [2.24, 2.45) is 17.8 Å². The Morgan fingerprint density at radius 1 is 0.920 bits per heavy atom. The van der Waals surface area contributed by atoms with Gasteiger partial charge in [-0.25, -0.2) is 8.78 Å². The molecule has 138 valence electrons. The lowest BCUT2D eigenvalue weighted by atomic mass is 9.70. The Bertz CT molecular complexity index is 609. The van der Waals surface area contributed by atoms with E-state index in [0.29, 0.717) is 17.5 Å². The fraction of sp³-hybridized carbons (Fsp3) is 0.652. The van der Waals surface area contributed by atoms with Crippen LogP contribution in [0.15, 0.2) is 18.2 Å². The van der Waals surface area contributed by atoms with Crippen molar-refractivity contribution in [3.05, 3.63) is 41.0 Å². The molecule has 0 radical (unpaired) electrons. The van der Waals surface area contributed by atoms with Crippen LogP contribution < -0.4 is 0 Å². The van der Waals surface area contributed by atoms with E-state index in [9.17, 15) is 8.78 Å². The molecule has 1 saturated carbocycles. The van der Waals surface area contributed by atoms with Crippen molar-refractivity contribution in [1.82, 2.24) is 0 Å². The smallest absolute Gasteiger partial charge is 0.166 e. The maximum atomic E-state index is 14.4. The fourth-order valence-corrected chi connectivity index (χ4v) is 4.99. The van der Waals surface area contributed by atoms with E-state index in [-0.39, 0.29) is 0 Å². The number of aryl methyl sites for hydroxylation is 1. The molecule has 1 fully saturated rings. The Balaban J connectivity index is 1.63. The van der Waals surface area contributed by atoms with Gasteiger partial charge < -0.3 is 0 Å². The van der Waals surface area contributed by atoms with Crippen molar-refractivity contribution >= 4 is 5.57 Å². The molecular formula is C23H32F2. The summed E-state index contributed by atoms with van der Waals surface area (Å²) >= 11 is 0. The van der Waals surface area contributed by atoms with Crippen molar-refractivity contribution in [2.45, 2.75) is 78.1 Å². The normalized spacial score (nSPS) is 27.2. The van der Waals surface area contributed by atoms with Crippen LogP contribution in [-0.2, 0) is 6.42 Å². The highest BCUT2D eigenvalue weighted by Gasteiger charge is 2.29. The maximum absolute atomic E-state index is 14.4. The molecule has 0 nitrogen and oxygen atoms in total. The van der Waals surface area contributed by atoms with Crippen LogP contribution in [0.25, 0.3) is 5.57 Å². The van der Waals surface area contributed by atoms with Gasteiger partial charge in [-0.15, -0.1) is 0 Å². The molecule has 0 bridgehead atoms. The number of hydrogen-bond donors (Lipinski definition) is 0. The Kier molecular flexibility index (Phi) is 6.30. The number of rotatable bonds is 5. The fourth-order valence-electron chi connectivity index (χ4n) is 4.99. The first kappa shape index (κ1) is 18.6. The third-order valence-electron chi connectivity index (χ3n) is 6.60. The zero-order valence-corrected chi connectivity index (χ0v) is 15.8. The van der Waals surface area contributed by atoms with Crippen LogP contribution >= 0.6 is 0 Å². The van der Waals surface area contributed by atoms with Gasteiger partial charge in [-0.3, -0.25) is 0 Å². The molecule has 0 aliphatic heterocycles. The summed E-state index contributed by atoms with van der Waals surface area (Å²) < 4.78 is 28.5. The SMILES string of the molecule is CCCC1CCC(C2CC=C(c3ccc(CC)c(F)c3F)CC2)CC1. The molecule has 0 heterocycles. The van der Waals surface area contributed by atoms with Crippen molar-refractivity contribution in [3.63, 3.8) is 0 Å². The average Bonchev–Trinajstić information content (AvgIpc) is 2.65. The van der Waals surface area contributed by atoms with Crippen molar-refractivity contribution in [3.8, 4) is 0 Å². The lowest BCUT2D eigenvalue weighted by Gasteiger charge is -2.35. The first-order valence-corrected chi connectivity index (χ1v) is 10.3. The molecule has 1 aromatic carbocycles.